The number of hydrogen-bond donors (Lipinski definition) is 1. The summed E-state index contributed by atoms with van der Waals surface area (Å²) in [7, 11) is 0. The van der Waals surface area contributed by atoms with Crippen molar-refractivity contribution in [2.75, 3.05) is 26.2 Å². The number of amides is 2. The summed E-state index contributed by atoms with van der Waals surface area (Å²) in [6, 6.07) is 7.55. The van der Waals surface area contributed by atoms with Gasteiger partial charge in [-0.25, -0.2) is 0 Å². The summed E-state index contributed by atoms with van der Waals surface area (Å²) in [5.74, 6) is 2.04. The van der Waals surface area contributed by atoms with Gasteiger partial charge in [-0.2, -0.15) is 0 Å². The molecule has 2 aliphatic heterocycles. The van der Waals surface area contributed by atoms with Crippen LogP contribution in [0.4, 0.5) is 0 Å². The monoisotopic (exact) mass is 360 g/mol. The first-order valence-electron chi connectivity index (χ1n) is 9.47. The second kappa shape index (κ2) is 8.43. The predicted molar refractivity (Wildman–Crippen MR) is 98.1 cm³/mol. The maximum Gasteiger partial charge on any atom is 0.223 e. The molecule has 6 nitrogen and oxygen atoms in total. The molecular weight excluding hydrogens is 332 g/mol. The normalized spacial score (nSPS) is 20.1. The van der Waals surface area contributed by atoms with E-state index in [1.807, 2.05) is 43.0 Å². The average Bonchev–Trinajstić information content (AvgIpc) is 2.65. The molecule has 0 aliphatic carbocycles. The highest BCUT2D eigenvalue weighted by Crippen LogP contribution is 2.30. The number of likely N-dealkylation sites (tertiary alicyclic amines) is 1. The summed E-state index contributed by atoms with van der Waals surface area (Å²) < 4.78 is 11.5. The van der Waals surface area contributed by atoms with Crippen molar-refractivity contribution in [3.63, 3.8) is 0 Å². The molecule has 1 fully saturated rings. The van der Waals surface area contributed by atoms with Crippen molar-refractivity contribution in [3.8, 4) is 11.5 Å². The molecule has 0 saturated carbocycles. The molecular formula is C20H28N2O4. The molecule has 0 bridgehead atoms. The molecule has 1 aromatic carbocycles. The quantitative estimate of drug-likeness (QED) is 0.874. The molecule has 0 radical (unpaired) electrons. The Kier molecular flexibility index (Phi) is 6.01. The van der Waals surface area contributed by atoms with Crippen LogP contribution in [0.1, 0.15) is 33.1 Å². The number of fused-ring (bicyclic) bond motifs is 1. The number of ether oxygens (including phenoxy) is 2. The lowest BCUT2D eigenvalue weighted by Crippen LogP contribution is -2.46. The minimum atomic E-state index is -0.179. The molecule has 1 unspecified atom stereocenters. The molecule has 1 atom stereocenters. The van der Waals surface area contributed by atoms with Crippen LogP contribution >= 0.6 is 0 Å². The van der Waals surface area contributed by atoms with Crippen LogP contribution in [-0.2, 0) is 9.59 Å². The van der Waals surface area contributed by atoms with Gasteiger partial charge in [0.2, 0.25) is 11.8 Å². The van der Waals surface area contributed by atoms with Gasteiger partial charge < -0.3 is 19.7 Å². The minimum absolute atomic E-state index is 0.0325. The van der Waals surface area contributed by atoms with Gasteiger partial charge in [0.25, 0.3) is 0 Å². The molecule has 26 heavy (non-hydrogen) atoms. The molecule has 6 heteroatoms. The Hall–Kier alpha value is -2.24. The third-order valence-corrected chi connectivity index (χ3v) is 4.87. The van der Waals surface area contributed by atoms with Gasteiger partial charge >= 0.3 is 0 Å². The smallest absolute Gasteiger partial charge is 0.223 e. The van der Waals surface area contributed by atoms with Gasteiger partial charge in [0.15, 0.2) is 11.5 Å². The summed E-state index contributed by atoms with van der Waals surface area (Å²) in [4.78, 5) is 26.4. The van der Waals surface area contributed by atoms with E-state index < -0.39 is 0 Å². The van der Waals surface area contributed by atoms with Crippen LogP contribution in [0.15, 0.2) is 24.3 Å². The highest BCUT2D eigenvalue weighted by atomic mass is 16.6. The first-order valence-corrected chi connectivity index (χ1v) is 9.47. The first kappa shape index (κ1) is 18.5. The molecule has 1 aromatic rings. The second-order valence-corrected chi connectivity index (χ2v) is 7.50. The van der Waals surface area contributed by atoms with Crippen molar-refractivity contribution in [2.45, 2.75) is 39.2 Å². The van der Waals surface area contributed by atoms with Crippen molar-refractivity contribution in [3.05, 3.63) is 24.3 Å². The van der Waals surface area contributed by atoms with E-state index in [1.165, 1.54) is 0 Å². The van der Waals surface area contributed by atoms with Crippen LogP contribution in [0.3, 0.4) is 0 Å². The van der Waals surface area contributed by atoms with Gasteiger partial charge in [-0.3, -0.25) is 9.59 Å². The highest BCUT2D eigenvalue weighted by molar-refractivity contribution is 5.80. The van der Waals surface area contributed by atoms with E-state index in [0.717, 1.165) is 24.3 Å². The molecule has 0 spiro atoms. The molecule has 2 heterocycles. The Balaban J connectivity index is 1.40. The Morgan fingerprint density at radius 3 is 2.58 bits per heavy atom. The van der Waals surface area contributed by atoms with Crippen molar-refractivity contribution < 1.29 is 19.1 Å². The number of carbonyl (C=O) groups excluding carboxylic acids is 2. The standard InChI is InChI=1S/C20H28N2O4/c1-14(2)11-19(23)22-9-7-15(8-10-22)20(24)21-12-16-13-25-17-5-3-4-6-18(17)26-16/h3-6,14-16H,7-13H2,1-2H3,(H,21,24). The Morgan fingerprint density at radius 2 is 1.88 bits per heavy atom. The fraction of sp³-hybridized carbons (Fsp3) is 0.600. The van der Waals surface area contributed by atoms with Crippen molar-refractivity contribution in [2.24, 2.45) is 11.8 Å². The highest BCUT2D eigenvalue weighted by Gasteiger charge is 2.28. The molecule has 2 amide bonds. The van der Waals surface area contributed by atoms with Crippen LogP contribution in [0.5, 0.6) is 11.5 Å². The zero-order valence-corrected chi connectivity index (χ0v) is 15.6. The van der Waals surface area contributed by atoms with Crippen LogP contribution in [0, 0.1) is 11.8 Å². The van der Waals surface area contributed by atoms with Crippen LogP contribution in [-0.4, -0.2) is 49.1 Å². The first-order chi connectivity index (χ1) is 12.5. The summed E-state index contributed by atoms with van der Waals surface area (Å²) in [6.07, 6.45) is 1.85. The zero-order chi connectivity index (χ0) is 18.5. The van der Waals surface area contributed by atoms with Gasteiger partial charge in [0.05, 0.1) is 6.54 Å². The predicted octanol–water partition coefficient (Wildman–Crippen LogP) is 2.23. The molecule has 2 aliphatic rings. The molecule has 1 saturated heterocycles. The van der Waals surface area contributed by atoms with Gasteiger partial charge in [-0.15, -0.1) is 0 Å². The van der Waals surface area contributed by atoms with E-state index in [9.17, 15) is 9.59 Å². The third-order valence-electron chi connectivity index (χ3n) is 4.87. The van der Waals surface area contributed by atoms with Gasteiger partial charge in [-0.05, 0) is 30.9 Å². The number of piperidine rings is 1. The van der Waals surface area contributed by atoms with Crippen molar-refractivity contribution >= 4 is 11.8 Å². The lowest BCUT2D eigenvalue weighted by atomic mass is 9.95. The summed E-state index contributed by atoms with van der Waals surface area (Å²) >= 11 is 0. The van der Waals surface area contributed by atoms with E-state index in [2.05, 4.69) is 5.32 Å². The lowest BCUT2D eigenvalue weighted by Gasteiger charge is -2.32. The number of benzene rings is 1. The second-order valence-electron chi connectivity index (χ2n) is 7.50. The van der Waals surface area contributed by atoms with E-state index in [-0.39, 0.29) is 23.8 Å². The maximum absolute atomic E-state index is 12.4. The number of rotatable bonds is 5. The lowest BCUT2D eigenvalue weighted by molar-refractivity contribution is -0.136. The average molecular weight is 360 g/mol. The number of carbonyl (C=O) groups is 2. The van der Waals surface area contributed by atoms with Crippen LogP contribution in [0.2, 0.25) is 0 Å². The maximum atomic E-state index is 12.4. The Bertz CT molecular complexity index is 638. The molecule has 3 rings (SSSR count). The summed E-state index contributed by atoms with van der Waals surface area (Å²) in [5, 5.41) is 2.98. The Morgan fingerprint density at radius 1 is 1.19 bits per heavy atom. The number of nitrogens with zero attached hydrogens (tertiary/aromatic N) is 1. The van der Waals surface area contributed by atoms with Crippen molar-refractivity contribution in [1.82, 2.24) is 10.2 Å². The van der Waals surface area contributed by atoms with Crippen LogP contribution < -0.4 is 14.8 Å². The molecule has 0 aromatic heterocycles. The third kappa shape index (κ3) is 4.68. The summed E-state index contributed by atoms with van der Waals surface area (Å²) in [5.41, 5.74) is 0. The number of nitrogens with one attached hydrogen (secondary N) is 1. The van der Waals surface area contributed by atoms with Crippen LogP contribution in [0.25, 0.3) is 0 Å². The van der Waals surface area contributed by atoms with E-state index in [4.69, 9.17) is 9.47 Å². The van der Waals surface area contributed by atoms with E-state index >= 15 is 0 Å². The zero-order valence-electron chi connectivity index (χ0n) is 15.6. The molecule has 1 N–H and O–H groups in total. The SMILES string of the molecule is CC(C)CC(=O)N1CCC(C(=O)NCC2COc3ccccc3O2)CC1. The van der Waals surface area contributed by atoms with Crippen molar-refractivity contribution in [1.29, 1.82) is 0 Å². The Labute approximate surface area is 154 Å². The van der Waals surface area contributed by atoms with E-state index in [0.29, 0.717) is 38.6 Å². The topological polar surface area (TPSA) is 67.9 Å². The van der Waals surface area contributed by atoms with Gasteiger partial charge in [0, 0.05) is 25.4 Å². The van der Waals surface area contributed by atoms with Gasteiger partial charge in [0.1, 0.15) is 12.7 Å². The summed E-state index contributed by atoms with van der Waals surface area (Å²) in [6.45, 7) is 6.29. The number of para-hydroxylation sites is 2. The van der Waals surface area contributed by atoms with E-state index in [1.54, 1.807) is 0 Å². The minimum Gasteiger partial charge on any atom is -0.486 e. The molecule has 142 valence electrons. The fourth-order valence-corrected chi connectivity index (χ4v) is 3.39. The largest absolute Gasteiger partial charge is 0.486 e. The van der Waals surface area contributed by atoms with Gasteiger partial charge in [-0.1, -0.05) is 26.0 Å². The fourth-order valence-electron chi connectivity index (χ4n) is 3.39. The number of hydrogen-bond acceptors (Lipinski definition) is 4.